The third-order valence-electron chi connectivity index (χ3n) is 1.84. The Hall–Kier alpha value is -1.49. The monoisotopic (exact) mass is 202 g/mol. The molecule has 0 aliphatic heterocycles. The van der Waals surface area contributed by atoms with Crippen LogP contribution in [-0.4, -0.2) is 22.8 Å². The number of carboxylic acid groups (broad SMARTS) is 1. The van der Waals surface area contributed by atoms with Gasteiger partial charge >= 0.3 is 5.97 Å². The number of carboxylic acids is 1. The summed E-state index contributed by atoms with van der Waals surface area (Å²) in [6.45, 7) is -0.768. The van der Waals surface area contributed by atoms with E-state index in [1.807, 2.05) is 0 Å². The summed E-state index contributed by atoms with van der Waals surface area (Å²) < 4.78 is 25.7. The van der Waals surface area contributed by atoms with Crippen LogP contribution < -0.4 is 0 Å². The van der Waals surface area contributed by atoms with Gasteiger partial charge in [-0.1, -0.05) is 12.1 Å². The van der Waals surface area contributed by atoms with Crippen LogP contribution in [0, 0.1) is 11.6 Å². The number of aliphatic carboxylic acids is 1. The maximum Gasteiger partial charge on any atom is 0.313 e. The second-order valence-electron chi connectivity index (χ2n) is 2.72. The van der Waals surface area contributed by atoms with Gasteiger partial charge in [0, 0.05) is 5.56 Å². The van der Waals surface area contributed by atoms with Gasteiger partial charge in [0.25, 0.3) is 0 Å². The van der Waals surface area contributed by atoms with Crippen molar-refractivity contribution in [2.45, 2.75) is 5.92 Å². The highest BCUT2D eigenvalue weighted by molar-refractivity contribution is 5.76. The van der Waals surface area contributed by atoms with E-state index in [0.29, 0.717) is 0 Å². The van der Waals surface area contributed by atoms with Crippen LogP contribution in [0.15, 0.2) is 18.2 Å². The summed E-state index contributed by atoms with van der Waals surface area (Å²) in [6.07, 6.45) is 0. The Morgan fingerprint density at radius 3 is 2.57 bits per heavy atom. The molecule has 0 fully saturated rings. The Kier molecular flexibility index (Phi) is 3.14. The number of aliphatic hydroxyl groups is 1. The first kappa shape index (κ1) is 10.6. The number of halogens is 2. The smallest absolute Gasteiger partial charge is 0.313 e. The van der Waals surface area contributed by atoms with Crippen molar-refractivity contribution >= 4 is 5.97 Å². The quantitative estimate of drug-likeness (QED) is 0.772. The van der Waals surface area contributed by atoms with E-state index < -0.39 is 30.1 Å². The van der Waals surface area contributed by atoms with Gasteiger partial charge in [0.1, 0.15) is 5.92 Å². The van der Waals surface area contributed by atoms with Gasteiger partial charge in [-0.3, -0.25) is 4.79 Å². The summed E-state index contributed by atoms with van der Waals surface area (Å²) in [5, 5.41) is 17.3. The van der Waals surface area contributed by atoms with Crippen LogP contribution in [0.3, 0.4) is 0 Å². The molecule has 1 aromatic carbocycles. The molecule has 2 N–H and O–H groups in total. The molecule has 0 spiro atoms. The third-order valence-corrected chi connectivity index (χ3v) is 1.84. The molecule has 5 heteroatoms. The van der Waals surface area contributed by atoms with Crippen LogP contribution >= 0.6 is 0 Å². The van der Waals surface area contributed by atoms with E-state index >= 15 is 0 Å². The summed E-state index contributed by atoms with van der Waals surface area (Å²) in [5.41, 5.74) is -0.347. The molecule has 0 saturated carbocycles. The summed E-state index contributed by atoms with van der Waals surface area (Å²) in [4.78, 5) is 10.5. The Morgan fingerprint density at radius 2 is 2.07 bits per heavy atom. The largest absolute Gasteiger partial charge is 0.481 e. The van der Waals surface area contributed by atoms with Gasteiger partial charge in [0.05, 0.1) is 6.61 Å². The van der Waals surface area contributed by atoms with Crippen molar-refractivity contribution in [3.8, 4) is 0 Å². The SMILES string of the molecule is O=C(O)[C@H](CO)c1cccc(F)c1F. The summed E-state index contributed by atoms with van der Waals surface area (Å²) in [6, 6.07) is 3.21. The molecule has 1 atom stereocenters. The highest BCUT2D eigenvalue weighted by Crippen LogP contribution is 2.20. The minimum atomic E-state index is -1.43. The molecular weight excluding hydrogens is 194 g/mol. The summed E-state index contributed by atoms with van der Waals surface area (Å²) in [7, 11) is 0. The number of carbonyl (C=O) groups is 1. The van der Waals surface area contributed by atoms with E-state index in [1.54, 1.807) is 0 Å². The maximum absolute atomic E-state index is 13.0. The van der Waals surface area contributed by atoms with Crippen molar-refractivity contribution in [1.29, 1.82) is 0 Å². The molecule has 0 radical (unpaired) electrons. The number of benzene rings is 1. The predicted octanol–water partition coefficient (Wildman–Crippen LogP) is 1.13. The average molecular weight is 202 g/mol. The Bertz CT molecular complexity index is 352. The molecule has 0 heterocycles. The standard InChI is InChI=1S/C9H8F2O3/c10-7-3-1-2-5(8(7)11)6(4-12)9(13)14/h1-3,6,12H,4H2,(H,13,14)/t6-/m1/s1. The molecule has 0 amide bonds. The topological polar surface area (TPSA) is 57.5 Å². The van der Waals surface area contributed by atoms with E-state index in [1.165, 1.54) is 6.07 Å². The van der Waals surface area contributed by atoms with Crippen molar-refractivity contribution in [2.75, 3.05) is 6.61 Å². The lowest BCUT2D eigenvalue weighted by molar-refractivity contribution is -0.139. The zero-order valence-electron chi connectivity index (χ0n) is 7.08. The maximum atomic E-state index is 13.0. The Labute approximate surface area is 78.6 Å². The van der Waals surface area contributed by atoms with Crippen LogP contribution in [0.2, 0.25) is 0 Å². The van der Waals surface area contributed by atoms with Crippen LogP contribution in [0.1, 0.15) is 11.5 Å². The third kappa shape index (κ3) is 1.88. The van der Waals surface area contributed by atoms with E-state index in [2.05, 4.69) is 0 Å². The van der Waals surface area contributed by atoms with Crippen molar-refractivity contribution < 1.29 is 23.8 Å². The van der Waals surface area contributed by atoms with Crippen LogP contribution in [-0.2, 0) is 4.79 Å². The second-order valence-corrected chi connectivity index (χ2v) is 2.72. The van der Waals surface area contributed by atoms with Gasteiger partial charge in [-0.25, -0.2) is 8.78 Å². The molecule has 0 bridgehead atoms. The first-order valence-electron chi connectivity index (χ1n) is 3.85. The number of hydrogen-bond acceptors (Lipinski definition) is 2. The lowest BCUT2D eigenvalue weighted by atomic mass is 9.99. The fourth-order valence-electron chi connectivity index (χ4n) is 1.10. The second kappa shape index (κ2) is 4.15. The van der Waals surface area contributed by atoms with Crippen molar-refractivity contribution in [3.05, 3.63) is 35.4 Å². The van der Waals surface area contributed by atoms with E-state index in [4.69, 9.17) is 10.2 Å². The normalized spacial score (nSPS) is 12.5. The zero-order valence-corrected chi connectivity index (χ0v) is 7.08. The minimum absolute atomic E-state index is 0.347. The average Bonchev–Trinajstić information content (AvgIpc) is 2.13. The van der Waals surface area contributed by atoms with Crippen molar-refractivity contribution in [2.24, 2.45) is 0 Å². The van der Waals surface area contributed by atoms with Gasteiger partial charge in [-0.15, -0.1) is 0 Å². The molecule has 0 aliphatic carbocycles. The molecule has 3 nitrogen and oxygen atoms in total. The van der Waals surface area contributed by atoms with Gasteiger partial charge < -0.3 is 10.2 Å². The molecule has 0 saturated heterocycles. The summed E-state index contributed by atoms with van der Waals surface area (Å²) >= 11 is 0. The van der Waals surface area contributed by atoms with Gasteiger partial charge in [0.2, 0.25) is 0 Å². The molecule has 76 valence electrons. The highest BCUT2D eigenvalue weighted by Gasteiger charge is 2.23. The predicted molar refractivity (Wildman–Crippen MR) is 43.8 cm³/mol. The first-order chi connectivity index (χ1) is 6.57. The van der Waals surface area contributed by atoms with E-state index in [0.717, 1.165) is 12.1 Å². The summed E-state index contributed by atoms with van der Waals surface area (Å²) in [5.74, 6) is -5.17. The highest BCUT2D eigenvalue weighted by atomic mass is 19.2. The number of aliphatic hydroxyl groups excluding tert-OH is 1. The zero-order chi connectivity index (χ0) is 10.7. The van der Waals surface area contributed by atoms with Crippen LogP contribution in [0.25, 0.3) is 0 Å². The molecule has 0 aromatic heterocycles. The molecular formula is C9H8F2O3. The fraction of sp³-hybridized carbons (Fsp3) is 0.222. The van der Waals surface area contributed by atoms with Crippen molar-refractivity contribution in [1.82, 2.24) is 0 Å². The van der Waals surface area contributed by atoms with Gasteiger partial charge in [-0.2, -0.15) is 0 Å². The molecule has 1 aromatic rings. The van der Waals surface area contributed by atoms with Crippen molar-refractivity contribution in [3.63, 3.8) is 0 Å². The van der Waals surface area contributed by atoms with E-state index in [-0.39, 0.29) is 5.56 Å². The van der Waals surface area contributed by atoms with Crippen LogP contribution in [0.5, 0.6) is 0 Å². The van der Waals surface area contributed by atoms with Crippen LogP contribution in [0.4, 0.5) is 8.78 Å². The lowest BCUT2D eigenvalue weighted by Crippen LogP contribution is -2.17. The van der Waals surface area contributed by atoms with E-state index in [9.17, 15) is 13.6 Å². The fourth-order valence-corrected chi connectivity index (χ4v) is 1.10. The molecule has 1 rings (SSSR count). The first-order valence-corrected chi connectivity index (χ1v) is 3.85. The Balaban J connectivity index is 3.16. The lowest BCUT2D eigenvalue weighted by Gasteiger charge is -2.10. The minimum Gasteiger partial charge on any atom is -0.481 e. The Morgan fingerprint density at radius 1 is 1.43 bits per heavy atom. The molecule has 0 aliphatic rings. The number of hydrogen-bond donors (Lipinski definition) is 2. The van der Waals surface area contributed by atoms with Gasteiger partial charge in [0.15, 0.2) is 11.6 Å². The number of rotatable bonds is 3. The van der Waals surface area contributed by atoms with Gasteiger partial charge in [-0.05, 0) is 6.07 Å². The molecule has 0 unspecified atom stereocenters. The molecule has 14 heavy (non-hydrogen) atoms.